The van der Waals surface area contributed by atoms with E-state index in [4.69, 9.17) is 4.42 Å². The molecule has 0 spiro atoms. The molecule has 0 radical (unpaired) electrons. The maximum Gasteiger partial charge on any atom is 0.276 e. The van der Waals surface area contributed by atoms with Crippen LogP contribution < -0.4 is 0 Å². The van der Waals surface area contributed by atoms with Crippen molar-refractivity contribution in [2.75, 3.05) is 6.54 Å². The van der Waals surface area contributed by atoms with Crippen molar-refractivity contribution >= 4 is 16.8 Å². The van der Waals surface area contributed by atoms with Crippen LogP contribution >= 0.6 is 0 Å². The predicted molar refractivity (Wildman–Crippen MR) is 110 cm³/mol. The lowest BCUT2D eigenvalue weighted by Crippen LogP contribution is -2.33. The van der Waals surface area contributed by atoms with Gasteiger partial charge in [0.25, 0.3) is 5.91 Å². The van der Waals surface area contributed by atoms with Gasteiger partial charge in [0.05, 0.1) is 18.3 Å². The smallest absolute Gasteiger partial charge is 0.276 e. The minimum Gasteiger partial charge on any atom is -0.444 e. The summed E-state index contributed by atoms with van der Waals surface area (Å²) in [5.41, 5.74) is 2.91. The Kier molecular flexibility index (Phi) is 4.58. The van der Waals surface area contributed by atoms with E-state index in [9.17, 15) is 9.18 Å². The van der Waals surface area contributed by atoms with Crippen LogP contribution in [0.3, 0.4) is 0 Å². The fraction of sp³-hybridized carbons (Fsp3) is 0.261. The quantitative estimate of drug-likeness (QED) is 0.502. The Bertz CT molecular complexity index is 1210. The van der Waals surface area contributed by atoms with E-state index in [0.717, 1.165) is 41.4 Å². The lowest BCUT2D eigenvalue weighted by molar-refractivity contribution is 0.0741. The highest BCUT2D eigenvalue weighted by atomic mass is 19.1. The fourth-order valence-electron chi connectivity index (χ4n) is 3.98. The standard InChI is InChI=1S/C23H21FN4O2/c1-15-3-2-10-27(15)23(29)20-14-30-22(26-20)17-6-4-16(5-7-17)13-28-21-11-19(24)9-8-18(21)12-25-28/h4-9,11-12,14-15H,2-3,10,13H2,1H3/t15-/m0/s1. The molecule has 4 aromatic rings. The first kappa shape index (κ1) is 18.5. The molecule has 2 aromatic carbocycles. The highest BCUT2D eigenvalue weighted by molar-refractivity contribution is 5.92. The van der Waals surface area contributed by atoms with Gasteiger partial charge in [0.2, 0.25) is 5.89 Å². The van der Waals surface area contributed by atoms with E-state index in [0.29, 0.717) is 18.1 Å². The second-order valence-corrected chi connectivity index (χ2v) is 7.73. The number of rotatable bonds is 4. The van der Waals surface area contributed by atoms with Crippen LogP contribution in [0.25, 0.3) is 22.4 Å². The van der Waals surface area contributed by atoms with Gasteiger partial charge in [0.1, 0.15) is 12.1 Å². The summed E-state index contributed by atoms with van der Waals surface area (Å²) in [5, 5.41) is 5.26. The summed E-state index contributed by atoms with van der Waals surface area (Å²) in [4.78, 5) is 18.9. The van der Waals surface area contributed by atoms with Crippen LogP contribution in [0.4, 0.5) is 4.39 Å². The zero-order chi connectivity index (χ0) is 20.7. The molecule has 2 aromatic heterocycles. The van der Waals surface area contributed by atoms with Gasteiger partial charge in [-0.15, -0.1) is 0 Å². The minimum absolute atomic E-state index is 0.0792. The lowest BCUT2D eigenvalue weighted by atomic mass is 10.1. The van der Waals surface area contributed by atoms with E-state index in [2.05, 4.69) is 17.0 Å². The van der Waals surface area contributed by atoms with Gasteiger partial charge in [-0.2, -0.15) is 5.10 Å². The van der Waals surface area contributed by atoms with E-state index in [1.54, 1.807) is 16.9 Å². The van der Waals surface area contributed by atoms with Gasteiger partial charge in [-0.05, 0) is 55.7 Å². The van der Waals surface area contributed by atoms with Crippen LogP contribution in [-0.4, -0.2) is 38.2 Å². The van der Waals surface area contributed by atoms with E-state index < -0.39 is 0 Å². The first-order valence-corrected chi connectivity index (χ1v) is 10.1. The second kappa shape index (κ2) is 7.40. The molecule has 1 atom stereocenters. The Morgan fingerprint density at radius 1 is 1.23 bits per heavy atom. The number of likely N-dealkylation sites (tertiary alicyclic amines) is 1. The normalized spacial score (nSPS) is 16.5. The maximum absolute atomic E-state index is 13.6. The number of nitrogens with zero attached hydrogens (tertiary/aromatic N) is 4. The molecule has 7 heteroatoms. The number of hydrogen-bond acceptors (Lipinski definition) is 4. The van der Waals surface area contributed by atoms with Crippen molar-refractivity contribution in [1.82, 2.24) is 19.7 Å². The van der Waals surface area contributed by atoms with Crippen LogP contribution in [0.2, 0.25) is 0 Å². The van der Waals surface area contributed by atoms with Crippen LogP contribution in [0.1, 0.15) is 35.8 Å². The maximum atomic E-state index is 13.6. The monoisotopic (exact) mass is 404 g/mol. The van der Waals surface area contributed by atoms with E-state index in [1.807, 2.05) is 29.2 Å². The molecule has 1 amide bonds. The number of oxazole rings is 1. The summed E-state index contributed by atoms with van der Waals surface area (Å²) in [6.07, 6.45) is 5.21. The SMILES string of the molecule is C[C@H]1CCCN1C(=O)c1coc(-c2ccc(Cn3ncc4ccc(F)cc43)cc2)n1. The largest absolute Gasteiger partial charge is 0.444 e. The molecule has 3 heterocycles. The first-order chi connectivity index (χ1) is 14.6. The summed E-state index contributed by atoms with van der Waals surface area (Å²) >= 11 is 0. The fourth-order valence-corrected chi connectivity index (χ4v) is 3.98. The molecule has 1 aliphatic heterocycles. The predicted octanol–water partition coefficient (Wildman–Crippen LogP) is 4.50. The molecule has 1 saturated heterocycles. The number of fused-ring (bicyclic) bond motifs is 1. The number of halogens is 1. The Labute approximate surface area is 172 Å². The molecule has 6 nitrogen and oxygen atoms in total. The average molecular weight is 404 g/mol. The number of hydrogen-bond donors (Lipinski definition) is 0. The number of benzene rings is 2. The number of carbonyl (C=O) groups excluding carboxylic acids is 1. The average Bonchev–Trinajstić information content (AvgIpc) is 3.49. The van der Waals surface area contributed by atoms with Gasteiger partial charge in [-0.25, -0.2) is 9.37 Å². The summed E-state index contributed by atoms with van der Waals surface area (Å²) < 4.78 is 20.9. The first-order valence-electron chi connectivity index (χ1n) is 10.1. The van der Waals surface area contributed by atoms with E-state index >= 15 is 0 Å². The third-order valence-electron chi connectivity index (χ3n) is 5.68. The van der Waals surface area contributed by atoms with Crippen molar-refractivity contribution in [2.24, 2.45) is 0 Å². The molecular formula is C23H21FN4O2. The highest BCUT2D eigenvalue weighted by Crippen LogP contribution is 2.24. The Morgan fingerprint density at radius 2 is 2.07 bits per heavy atom. The van der Waals surface area contributed by atoms with Crippen molar-refractivity contribution in [1.29, 1.82) is 0 Å². The summed E-state index contributed by atoms with van der Waals surface area (Å²) in [6.45, 7) is 3.35. The van der Waals surface area contributed by atoms with Crippen molar-refractivity contribution in [2.45, 2.75) is 32.4 Å². The molecule has 0 bridgehead atoms. The molecule has 0 N–H and O–H groups in total. The van der Waals surface area contributed by atoms with Crippen molar-refractivity contribution in [3.63, 3.8) is 0 Å². The molecule has 1 aliphatic rings. The third-order valence-corrected chi connectivity index (χ3v) is 5.68. The molecule has 0 saturated carbocycles. The molecule has 0 aliphatic carbocycles. The Balaban J connectivity index is 1.33. The number of carbonyl (C=O) groups is 1. The number of aromatic nitrogens is 3. The van der Waals surface area contributed by atoms with Crippen LogP contribution in [-0.2, 0) is 6.54 Å². The van der Waals surface area contributed by atoms with Crippen LogP contribution in [0.15, 0.2) is 59.3 Å². The summed E-state index contributed by atoms with van der Waals surface area (Å²) in [6, 6.07) is 12.6. The minimum atomic E-state index is -0.280. The molecule has 1 fully saturated rings. The lowest BCUT2D eigenvalue weighted by Gasteiger charge is -2.19. The Hall–Kier alpha value is -3.48. The third kappa shape index (κ3) is 3.36. The van der Waals surface area contributed by atoms with Gasteiger partial charge >= 0.3 is 0 Å². The zero-order valence-electron chi connectivity index (χ0n) is 16.6. The molecule has 5 rings (SSSR count). The van der Waals surface area contributed by atoms with Gasteiger partial charge < -0.3 is 9.32 Å². The molecule has 0 unspecified atom stereocenters. The van der Waals surface area contributed by atoms with E-state index in [1.165, 1.54) is 18.4 Å². The van der Waals surface area contributed by atoms with Gasteiger partial charge in [-0.3, -0.25) is 9.48 Å². The van der Waals surface area contributed by atoms with Crippen LogP contribution in [0, 0.1) is 5.82 Å². The highest BCUT2D eigenvalue weighted by Gasteiger charge is 2.28. The van der Waals surface area contributed by atoms with Crippen molar-refractivity contribution in [3.8, 4) is 11.5 Å². The van der Waals surface area contributed by atoms with Crippen LogP contribution in [0.5, 0.6) is 0 Å². The topological polar surface area (TPSA) is 64.2 Å². The van der Waals surface area contributed by atoms with Gasteiger partial charge in [0.15, 0.2) is 5.69 Å². The Morgan fingerprint density at radius 3 is 2.83 bits per heavy atom. The zero-order valence-corrected chi connectivity index (χ0v) is 16.6. The second-order valence-electron chi connectivity index (χ2n) is 7.73. The summed E-state index contributed by atoms with van der Waals surface area (Å²) in [5.74, 6) is 0.0601. The molecule has 30 heavy (non-hydrogen) atoms. The van der Waals surface area contributed by atoms with Crippen molar-refractivity contribution < 1.29 is 13.6 Å². The number of amides is 1. The molecular weight excluding hydrogens is 383 g/mol. The molecule has 152 valence electrons. The summed E-state index contributed by atoms with van der Waals surface area (Å²) in [7, 11) is 0. The van der Waals surface area contributed by atoms with E-state index in [-0.39, 0.29) is 17.8 Å². The van der Waals surface area contributed by atoms with Gasteiger partial charge in [0, 0.05) is 23.5 Å². The van der Waals surface area contributed by atoms with Crippen molar-refractivity contribution in [3.05, 3.63) is 72.0 Å². The van der Waals surface area contributed by atoms with Gasteiger partial charge in [-0.1, -0.05) is 12.1 Å².